The lowest BCUT2D eigenvalue weighted by molar-refractivity contribution is 0.405. The number of rotatable bonds is 4. The van der Waals surface area contributed by atoms with Gasteiger partial charge in [-0.3, -0.25) is 4.98 Å². The van der Waals surface area contributed by atoms with Crippen LogP contribution in [0.3, 0.4) is 0 Å². The van der Waals surface area contributed by atoms with Crippen molar-refractivity contribution in [3.8, 4) is 5.75 Å². The Morgan fingerprint density at radius 3 is 2.68 bits per heavy atom. The second-order valence-corrected chi connectivity index (χ2v) is 4.40. The predicted molar refractivity (Wildman–Crippen MR) is 72.8 cm³/mol. The molecule has 0 aliphatic heterocycles. The lowest BCUT2D eigenvalue weighted by Gasteiger charge is -2.20. The normalized spacial score (nSPS) is 12.2. The van der Waals surface area contributed by atoms with Crippen LogP contribution >= 0.6 is 0 Å². The molecule has 1 atom stereocenters. The molecule has 0 fully saturated rings. The van der Waals surface area contributed by atoms with Crippen molar-refractivity contribution in [3.05, 3.63) is 59.2 Å². The van der Waals surface area contributed by atoms with Crippen LogP contribution in [-0.2, 0) is 0 Å². The summed E-state index contributed by atoms with van der Waals surface area (Å²) in [5.41, 5.74) is 2.87. The zero-order valence-electron chi connectivity index (χ0n) is 11.3. The van der Waals surface area contributed by atoms with Gasteiger partial charge in [-0.05, 0) is 31.7 Å². The average Bonchev–Trinajstić information content (AvgIpc) is 2.40. The summed E-state index contributed by atoms with van der Waals surface area (Å²) in [5.74, 6) is 0.429. The molecule has 2 aromatic rings. The van der Waals surface area contributed by atoms with E-state index in [-0.39, 0.29) is 11.9 Å². The molecule has 0 spiro atoms. The lowest BCUT2D eigenvalue weighted by Crippen LogP contribution is -2.19. The van der Waals surface area contributed by atoms with Gasteiger partial charge in [0.05, 0.1) is 19.3 Å². The molecule has 19 heavy (non-hydrogen) atoms. The molecule has 0 radical (unpaired) electrons. The van der Waals surface area contributed by atoms with Gasteiger partial charge >= 0.3 is 0 Å². The van der Waals surface area contributed by atoms with Crippen molar-refractivity contribution in [3.63, 3.8) is 0 Å². The molecule has 3 nitrogen and oxygen atoms in total. The molecule has 0 amide bonds. The predicted octanol–water partition coefficient (Wildman–Crippen LogP) is 2.85. The second-order valence-electron chi connectivity index (χ2n) is 4.40. The minimum Gasteiger partial charge on any atom is -0.496 e. The van der Waals surface area contributed by atoms with E-state index in [4.69, 9.17) is 4.74 Å². The van der Waals surface area contributed by atoms with Crippen molar-refractivity contribution < 1.29 is 9.13 Å². The fourth-order valence-corrected chi connectivity index (χ4v) is 2.17. The summed E-state index contributed by atoms with van der Waals surface area (Å²) >= 11 is 0. The Morgan fingerprint density at radius 2 is 2.05 bits per heavy atom. The molecule has 0 aliphatic rings. The lowest BCUT2D eigenvalue weighted by atomic mass is 9.97. The number of nitrogens with one attached hydrogen (secondary N) is 1. The maximum absolute atomic E-state index is 13.3. The number of hydrogen-bond donors (Lipinski definition) is 1. The Labute approximate surface area is 112 Å². The Kier molecular flexibility index (Phi) is 4.12. The van der Waals surface area contributed by atoms with Gasteiger partial charge < -0.3 is 10.1 Å². The Morgan fingerprint density at radius 1 is 1.26 bits per heavy atom. The molecule has 0 saturated heterocycles. The van der Waals surface area contributed by atoms with Gasteiger partial charge in [0.1, 0.15) is 11.6 Å². The number of aromatic nitrogens is 1. The van der Waals surface area contributed by atoms with Gasteiger partial charge in [-0.25, -0.2) is 4.39 Å². The van der Waals surface area contributed by atoms with Gasteiger partial charge in [0, 0.05) is 11.8 Å². The van der Waals surface area contributed by atoms with Crippen molar-refractivity contribution in [2.45, 2.75) is 13.0 Å². The fourth-order valence-electron chi connectivity index (χ4n) is 2.17. The molecule has 1 aromatic carbocycles. The van der Waals surface area contributed by atoms with E-state index in [9.17, 15) is 4.39 Å². The van der Waals surface area contributed by atoms with Gasteiger partial charge in [-0.15, -0.1) is 0 Å². The van der Waals surface area contributed by atoms with Crippen LogP contribution in [0.4, 0.5) is 4.39 Å². The number of halogens is 1. The first-order valence-electron chi connectivity index (χ1n) is 6.08. The van der Waals surface area contributed by atoms with E-state index in [1.807, 2.05) is 32.2 Å². The number of hydrogen-bond acceptors (Lipinski definition) is 3. The summed E-state index contributed by atoms with van der Waals surface area (Å²) in [7, 11) is 3.46. The van der Waals surface area contributed by atoms with Crippen LogP contribution in [0.15, 0.2) is 36.7 Å². The van der Waals surface area contributed by atoms with Crippen LogP contribution in [0.1, 0.15) is 22.7 Å². The largest absolute Gasteiger partial charge is 0.496 e. The van der Waals surface area contributed by atoms with E-state index in [1.165, 1.54) is 12.3 Å². The molecular weight excluding hydrogens is 243 g/mol. The van der Waals surface area contributed by atoms with Gasteiger partial charge in [0.15, 0.2) is 0 Å². The van der Waals surface area contributed by atoms with Crippen LogP contribution in [0, 0.1) is 12.7 Å². The summed E-state index contributed by atoms with van der Waals surface area (Å²) in [6.45, 7) is 2.01. The van der Waals surface area contributed by atoms with E-state index < -0.39 is 0 Å². The number of benzene rings is 1. The van der Waals surface area contributed by atoms with E-state index in [0.29, 0.717) is 0 Å². The summed E-state index contributed by atoms with van der Waals surface area (Å²) in [6, 6.07) is 7.26. The van der Waals surface area contributed by atoms with E-state index >= 15 is 0 Å². The minimum absolute atomic E-state index is 0.155. The molecule has 1 aromatic heterocycles. The Bertz CT molecular complexity index is 572. The van der Waals surface area contributed by atoms with Crippen molar-refractivity contribution in [1.29, 1.82) is 0 Å². The minimum atomic E-state index is -0.343. The number of nitrogens with zero attached hydrogens (tertiary/aromatic N) is 1. The van der Waals surface area contributed by atoms with Gasteiger partial charge in [-0.1, -0.05) is 17.7 Å². The zero-order chi connectivity index (χ0) is 13.8. The fraction of sp³-hybridized carbons (Fsp3) is 0.267. The standard InChI is InChI=1S/C15H17FN2O/c1-10-4-5-14(19-3)13(6-10)15(17-2)11-7-12(16)9-18-8-11/h4-9,15,17H,1-3H3. The highest BCUT2D eigenvalue weighted by Gasteiger charge is 2.17. The van der Waals surface area contributed by atoms with Crippen molar-refractivity contribution in [1.82, 2.24) is 10.3 Å². The maximum Gasteiger partial charge on any atom is 0.141 e. The van der Waals surface area contributed by atoms with Crippen LogP contribution in [0.25, 0.3) is 0 Å². The van der Waals surface area contributed by atoms with Gasteiger partial charge in [0.2, 0.25) is 0 Å². The molecule has 1 N–H and O–H groups in total. The molecule has 1 unspecified atom stereocenters. The highest BCUT2D eigenvalue weighted by molar-refractivity contribution is 5.43. The first kappa shape index (κ1) is 13.5. The van der Waals surface area contributed by atoms with Crippen LogP contribution in [0.5, 0.6) is 5.75 Å². The van der Waals surface area contributed by atoms with Crippen LogP contribution in [-0.4, -0.2) is 19.1 Å². The number of pyridine rings is 1. The van der Waals surface area contributed by atoms with Crippen LogP contribution < -0.4 is 10.1 Å². The van der Waals surface area contributed by atoms with E-state index in [2.05, 4.69) is 10.3 Å². The Hall–Kier alpha value is -1.94. The smallest absolute Gasteiger partial charge is 0.141 e. The molecule has 100 valence electrons. The Balaban J connectivity index is 2.50. The number of methoxy groups -OCH3 is 1. The molecule has 4 heteroatoms. The third kappa shape index (κ3) is 2.90. The van der Waals surface area contributed by atoms with Gasteiger partial charge in [0.25, 0.3) is 0 Å². The molecule has 0 aliphatic carbocycles. The molecule has 0 saturated carbocycles. The van der Waals surface area contributed by atoms with Crippen molar-refractivity contribution in [2.75, 3.05) is 14.2 Å². The van der Waals surface area contributed by atoms with Crippen LogP contribution in [0.2, 0.25) is 0 Å². The maximum atomic E-state index is 13.3. The highest BCUT2D eigenvalue weighted by Crippen LogP contribution is 2.30. The third-order valence-corrected chi connectivity index (χ3v) is 3.04. The van der Waals surface area contributed by atoms with Crippen molar-refractivity contribution >= 4 is 0 Å². The molecular formula is C15H17FN2O. The SMILES string of the molecule is CNC(c1cncc(F)c1)c1cc(C)ccc1OC. The summed E-state index contributed by atoms with van der Waals surface area (Å²) in [5, 5.41) is 3.18. The zero-order valence-corrected chi connectivity index (χ0v) is 11.3. The van der Waals surface area contributed by atoms with E-state index in [0.717, 1.165) is 22.4 Å². The monoisotopic (exact) mass is 260 g/mol. The van der Waals surface area contributed by atoms with Gasteiger partial charge in [-0.2, -0.15) is 0 Å². The van der Waals surface area contributed by atoms with E-state index in [1.54, 1.807) is 13.3 Å². The summed E-state index contributed by atoms with van der Waals surface area (Å²) in [4.78, 5) is 3.90. The first-order valence-corrected chi connectivity index (χ1v) is 6.08. The third-order valence-electron chi connectivity index (χ3n) is 3.04. The average molecular weight is 260 g/mol. The quantitative estimate of drug-likeness (QED) is 0.918. The summed E-state index contributed by atoms with van der Waals surface area (Å²) < 4.78 is 18.7. The highest BCUT2D eigenvalue weighted by atomic mass is 19.1. The molecule has 0 bridgehead atoms. The molecule has 2 rings (SSSR count). The molecule has 1 heterocycles. The second kappa shape index (κ2) is 5.80. The van der Waals surface area contributed by atoms with Crippen molar-refractivity contribution in [2.24, 2.45) is 0 Å². The number of aryl methyl sites for hydroxylation is 1. The first-order chi connectivity index (χ1) is 9.15. The number of ether oxygens (including phenoxy) is 1. The topological polar surface area (TPSA) is 34.2 Å². The summed E-state index contributed by atoms with van der Waals surface area (Å²) in [6.07, 6.45) is 2.86.